The molecule has 8 nitrogen and oxygen atoms in total. The van der Waals surface area contributed by atoms with Crippen LogP contribution in [-0.2, 0) is 14.8 Å². The third-order valence-corrected chi connectivity index (χ3v) is 6.99. The smallest absolute Gasteiger partial charge is 0.324 e. The highest BCUT2D eigenvalue weighted by atomic mass is 35.5. The topological polar surface area (TPSA) is 116 Å². The van der Waals surface area contributed by atoms with E-state index in [1.165, 1.54) is 24.3 Å². The van der Waals surface area contributed by atoms with E-state index in [0.29, 0.717) is 22.3 Å². The molecule has 11 heteroatoms. The number of nitrogens with zero attached hydrogens (tertiary/aromatic N) is 4. The molecule has 0 fully saturated rings. The average Bonchev–Trinajstić information content (AvgIpc) is 3.19. The fraction of sp³-hybridized carbons (Fsp3) is 0.0455. The second-order valence-electron chi connectivity index (χ2n) is 6.93. The summed E-state index contributed by atoms with van der Waals surface area (Å²) in [5, 5.41) is 19.6. The van der Waals surface area contributed by atoms with Crippen LogP contribution >= 0.6 is 23.2 Å². The van der Waals surface area contributed by atoms with Crippen molar-refractivity contribution in [2.24, 2.45) is 0 Å². The molecule has 4 rings (SSSR count). The third-order valence-electron chi connectivity index (χ3n) is 4.80. The Morgan fingerprint density at radius 1 is 1.12 bits per heavy atom. The summed E-state index contributed by atoms with van der Waals surface area (Å²) in [6.45, 7) is -0.808. The Labute approximate surface area is 198 Å². The van der Waals surface area contributed by atoms with Crippen molar-refractivity contribution in [3.05, 3.63) is 82.6 Å². The first kappa shape index (κ1) is 22.6. The Morgan fingerprint density at radius 2 is 1.85 bits per heavy atom. The molecule has 33 heavy (non-hydrogen) atoms. The van der Waals surface area contributed by atoms with Gasteiger partial charge >= 0.3 is 5.97 Å². The highest BCUT2D eigenvalue weighted by molar-refractivity contribution is 7.92. The van der Waals surface area contributed by atoms with Gasteiger partial charge in [-0.3, -0.25) is 9.10 Å². The molecule has 0 atom stereocenters. The number of halogens is 2. The molecule has 4 aromatic rings. The summed E-state index contributed by atoms with van der Waals surface area (Å²) in [6, 6.07) is 15.6. The van der Waals surface area contributed by atoms with Gasteiger partial charge in [0, 0.05) is 27.8 Å². The number of carboxylic acids is 1. The molecule has 0 radical (unpaired) electrons. The molecular formula is C22H14Cl2N4O4S. The summed E-state index contributed by atoms with van der Waals surface area (Å²) in [4.78, 5) is 15.6. The highest BCUT2D eigenvalue weighted by Gasteiger charge is 2.28. The first-order valence-corrected chi connectivity index (χ1v) is 11.6. The van der Waals surface area contributed by atoms with Crippen molar-refractivity contribution < 1.29 is 18.3 Å². The van der Waals surface area contributed by atoms with Gasteiger partial charge < -0.3 is 9.67 Å². The van der Waals surface area contributed by atoms with Gasteiger partial charge in [-0.1, -0.05) is 23.2 Å². The van der Waals surface area contributed by atoms with Crippen LogP contribution in [0, 0.1) is 11.3 Å². The van der Waals surface area contributed by atoms with Crippen molar-refractivity contribution in [1.29, 1.82) is 5.26 Å². The highest BCUT2D eigenvalue weighted by Crippen LogP contribution is 2.31. The zero-order valence-corrected chi connectivity index (χ0v) is 19.0. The molecule has 0 aliphatic heterocycles. The van der Waals surface area contributed by atoms with Gasteiger partial charge in [0.15, 0.2) is 5.82 Å². The minimum atomic E-state index is -4.30. The van der Waals surface area contributed by atoms with E-state index >= 15 is 0 Å². The predicted octanol–water partition coefficient (Wildman–Crippen LogP) is 4.48. The minimum Gasteiger partial charge on any atom is -0.480 e. The van der Waals surface area contributed by atoms with Crippen molar-refractivity contribution in [2.45, 2.75) is 4.90 Å². The van der Waals surface area contributed by atoms with Gasteiger partial charge in [0.1, 0.15) is 12.6 Å². The van der Waals surface area contributed by atoms with E-state index < -0.39 is 22.5 Å². The normalized spacial score (nSPS) is 11.3. The van der Waals surface area contributed by atoms with Crippen molar-refractivity contribution in [3.8, 4) is 11.9 Å². The molecule has 1 N–H and O–H groups in total. The molecule has 0 saturated carbocycles. The van der Waals surface area contributed by atoms with E-state index in [1.807, 2.05) is 0 Å². The second-order valence-corrected chi connectivity index (χ2v) is 9.66. The molecule has 2 aromatic carbocycles. The average molecular weight is 501 g/mol. The Morgan fingerprint density at radius 3 is 2.52 bits per heavy atom. The largest absolute Gasteiger partial charge is 0.480 e. The van der Waals surface area contributed by atoms with Crippen molar-refractivity contribution in [1.82, 2.24) is 9.55 Å². The van der Waals surface area contributed by atoms with E-state index in [9.17, 15) is 23.6 Å². The van der Waals surface area contributed by atoms with Gasteiger partial charge in [-0.25, -0.2) is 13.4 Å². The Hall–Kier alpha value is -3.58. The van der Waals surface area contributed by atoms with Crippen LogP contribution in [-0.4, -0.2) is 35.6 Å². The maximum absolute atomic E-state index is 13.3. The number of anilines is 1. The fourth-order valence-electron chi connectivity index (χ4n) is 3.39. The first-order valence-electron chi connectivity index (χ1n) is 9.38. The van der Waals surface area contributed by atoms with Gasteiger partial charge in [0.05, 0.1) is 21.7 Å². The lowest BCUT2D eigenvalue weighted by molar-refractivity contribution is -0.135. The molecule has 0 spiro atoms. The van der Waals surface area contributed by atoms with E-state index in [1.54, 1.807) is 47.3 Å². The second kappa shape index (κ2) is 8.75. The number of hydrogen-bond donors (Lipinski definition) is 1. The zero-order chi connectivity index (χ0) is 23.8. The van der Waals surface area contributed by atoms with Gasteiger partial charge in [-0.15, -0.1) is 0 Å². The van der Waals surface area contributed by atoms with Crippen LogP contribution in [0.4, 0.5) is 5.69 Å². The number of carboxylic acid groups (broad SMARTS) is 1. The fourth-order valence-corrected chi connectivity index (χ4v) is 5.52. The lowest BCUT2D eigenvalue weighted by atomic mass is 10.2. The SMILES string of the molecule is N#Cc1cccnc1-n1ccc2cc(N(CC(=O)O)S(=O)(=O)c3cc(Cl)cc(Cl)c3)ccc21. The molecule has 0 aliphatic carbocycles. The molecular weight excluding hydrogens is 487 g/mol. The lowest BCUT2D eigenvalue weighted by Crippen LogP contribution is -2.35. The summed E-state index contributed by atoms with van der Waals surface area (Å²) < 4.78 is 29.1. The Balaban J connectivity index is 1.84. The summed E-state index contributed by atoms with van der Waals surface area (Å²) >= 11 is 11.9. The van der Waals surface area contributed by atoms with Crippen LogP contribution in [0.3, 0.4) is 0 Å². The summed E-state index contributed by atoms with van der Waals surface area (Å²) in [5.41, 5.74) is 1.17. The molecule has 0 aliphatic rings. The summed E-state index contributed by atoms with van der Waals surface area (Å²) in [6.07, 6.45) is 3.26. The van der Waals surface area contributed by atoms with E-state index in [0.717, 1.165) is 4.31 Å². The molecule has 0 amide bonds. The van der Waals surface area contributed by atoms with Gasteiger partial charge in [-0.2, -0.15) is 5.26 Å². The number of nitriles is 1. The van der Waals surface area contributed by atoms with Gasteiger partial charge in [0.25, 0.3) is 10.0 Å². The Kier molecular flexibility index (Phi) is 5.99. The number of carbonyl (C=O) groups is 1. The van der Waals surface area contributed by atoms with Crippen LogP contribution in [0.2, 0.25) is 10.0 Å². The Bertz CT molecular complexity index is 1520. The molecule has 2 heterocycles. The number of rotatable bonds is 6. The van der Waals surface area contributed by atoms with Crippen molar-refractivity contribution in [3.63, 3.8) is 0 Å². The number of aliphatic carboxylic acids is 1. The quantitative estimate of drug-likeness (QED) is 0.416. The lowest BCUT2D eigenvalue weighted by Gasteiger charge is -2.23. The van der Waals surface area contributed by atoms with Crippen LogP contribution in [0.1, 0.15) is 5.56 Å². The number of sulfonamides is 1. The van der Waals surface area contributed by atoms with Crippen molar-refractivity contribution in [2.75, 3.05) is 10.8 Å². The minimum absolute atomic E-state index is 0.104. The molecule has 2 aromatic heterocycles. The number of pyridine rings is 1. The van der Waals surface area contributed by atoms with E-state index in [2.05, 4.69) is 11.1 Å². The number of fused-ring (bicyclic) bond motifs is 1. The van der Waals surface area contributed by atoms with Gasteiger partial charge in [-0.05, 0) is 54.6 Å². The third kappa shape index (κ3) is 4.36. The van der Waals surface area contributed by atoms with E-state index in [-0.39, 0.29) is 20.6 Å². The maximum atomic E-state index is 13.3. The molecule has 0 unspecified atom stereocenters. The molecule has 0 bridgehead atoms. The number of aromatic nitrogens is 2. The molecule has 0 saturated heterocycles. The standard InChI is InChI=1S/C22H14Cl2N4O4S/c23-16-9-17(24)11-19(10-16)33(31,32)28(13-21(29)30)18-3-4-20-14(8-18)5-7-27(20)22-15(12-25)2-1-6-26-22/h1-11H,13H2,(H,29,30). The van der Waals surface area contributed by atoms with Crippen LogP contribution in [0.25, 0.3) is 16.7 Å². The summed E-state index contributed by atoms with van der Waals surface area (Å²) in [7, 11) is -4.30. The van der Waals surface area contributed by atoms with Crippen molar-refractivity contribution >= 4 is 55.8 Å². The van der Waals surface area contributed by atoms with Crippen LogP contribution in [0.15, 0.2) is 71.9 Å². The predicted molar refractivity (Wildman–Crippen MR) is 124 cm³/mol. The van der Waals surface area contributed by atoms with E-state index in [4.69, 9.17) is 23.2 Å². The monoisotopic (exact) mass is 500 g/mol. The maximum Gasteiger partial charge on any atom is 0.324 e. The van der Waals surface area contributed by atoms with Gasteiger partial charge in [0.2, 0.25) is 0 Å². The van der Waals surface area contributed by atoms with Crippen LogP contribution in [0.5, 0.6) is 0 Å². The zero-order valence-electron chi connectivity index (χ0n) is 16.7. The first-order chi connectivity index (χ1) is 15.7. The summed E-state index contributed by atoms with van der Waals surface area (Å²) in [5.74, 6) is -0.914. The van der Waals surface area contributed by atoms with Crippen LogP contribution < -0.4 is 4.31 Å². The number of hydrogen-bond acceptors (Lipinski definition) is 5. The number of benzene rings is 2. The molecule has 166 valence electrons.